The molecule has 0 radical (unpaired) electrons. The van der Waals surface area contributed by atoms with Gasteiger partial charge in [0.25, 0.3) is 0 Å². The Kier molecular flexibility index (Phi) is 4.80. The van der Waals surface area contributed by atoms with Crippen LogP contribution >= 0.6 is 0 Å². The van der Waals surface area contributed by atoms with E-state index in [1.54, 1.807) is 12.1 Å². The maximum atomic E-state index is 12.8. The molecule has 0 fully saturated rings. The number of nitrogens with zero attached hydrogens (tertiary/aromatic N) is 1. The molecule has 1 aromatic rings. The minimum Gasteiger partial charge on any atom is -0.376 e. The standard InChI is InChI=1S/C11H12FN3O/c12-9-3-1-4-10(7-9)15-8-11(16)14-6-2-5-13/h1,3-4,7,15H,2,6,8H2,(H,14,16). The van der Waals surface area contributed by atoms with Crippen LogP contribution in [0.15, 0.2) is 24.3 Å². The van der Waals surface area contributed by atoms with E-state index in [-0.39, 0.29) is 24.7 Å². The van der Waals surface area contributed by atoms with Crippen molar-refractivity contribution in [1.82, 2.24) is 5.32 Å². The molecule has 0 aliphatic rings. The first-order chi connectivity index (χ1) is 7.72. The van der Waals surface area contributed by atoms with E-state index in [1.807, 2.05) is 6.07 Å². The van der Waals surface area contributed by atoms with E-state index in [2.05, 4.69) is 10.6 Å². The number of anilines is 1. The average molecular weight is 221 g/mol. The minimum absolute atomic E-state index is 0.0644. The van der Waals surface area contributed by atoms with Gasteiger partial charge in [-0.3, -0.25) is 4.79 Å². The molecular weight excluding hydrogens is 209 g/mol. The van der Waals surface area contributed by atoms with Crippen LogP contribution in [0.1, 0.15) is 6.42 Å². The Hall–Kier alpha value is -2.09. The van der Waals surface area contributed by atoms with Crippen molar-refractivity contribution in [2.45, 2.75) is 6.42 Å². The summed E-state index contributed by atoms with van der Waals surface area (Å²) in [6, 6.07) is 7.79. The van der Waals surface area contributed by atoms with Gasteiger partial charge in [-0.05, 0) is 18.2 Å². The van der Waals surface area contributed by atoms with E-state index in [0.29, 0.717) is 12.2 Å². The molecular formula is C11H12FN3O. The number of benzene rings is 1. The van der Waals surface area contributed by atoms with Crippen LogP contribution in [0, 0.1) is 17.1 Å². The maximum absolute atomic E-state index is 12.8. The van der Waals surface area contributed by atoms with Crippen LogP contribution in [0.25, 0.3) is 0 Å². The number of halogens is 1. The topological polar surface area (TPSA) is 64.9 Å². The number of carbonyl (C=O) groups excluding carboxylic acids is 1. The number of hydrogen-bond acceptors (Lipinski definition) is 3. The zero-order chi connectivity index (χ0) is 11.8. The van der Waals surface area contributed by atoms with Crippen molar-refractivity contribution in [1.29, 1.82) is 5.26 Å². The number of hydrogen-bond donors (Lipinski definition) is 2. The summed E-state index contributed by atoms with van der Waals surface area (Å²) in [5.41, 5.74) is 0.551. The van der Waals surface area contributed by atoms with Crippen molar-refractivity contribution < 1.29 is 9.18 Å². The van der Waals surface area contributed by atoms with E-state index in [1.165, 1.54) is 12.1 Å². The Balaban J connectivity index is 2.29. The normalized spacial score (nSPS) is 9.25. The number of rotatable bonds is 5. The highest BCUT2D eigenvalue weighted by Crippen LogP contribution is 2.07. The highest BCUT2D eigenvalue weighted by Gasteiger charge is 2.00. The van der Waals surface area contributed by atoms with Crippen molar-refractivity contribution in [3.8, 4) is 6.07 Å². The Labute approximate surface area is 93.1 Å². The van der Waals surface area contributed by atoms with Gasteiger partial charge in [-0.1, -0.05) is 6.07 Å². The second-order valence-electron chi connectivity index (χ2n) is 3.12. The summed E-state index contributed by atoms with van der Waals surface area (Å²) >= 11 is 0. The van der Waals surface area contributed by atoms with Gasteiger partial charge in [0.05, 0.1) is 19.0 Å². The first-order valence-electron chi connectivity index (χ1n) is 4.85. The lowest BCUT2D eigenvalue weighted by Crippen LogP contribution is -2.30. The number of nitriles is 1. The quantitative estimate of drug-likeness (QED) is 0.736. The second kappa shape index (κ2) is 6.40. The third kappa shape index (κ3) is 4.42. The Morgan fingerprint density at radius 2 is 2.31 bits per heavy atom. The molecule has 4 nitrogen and oxygen atoms in total. The Morgan fingerprint density at radius 3 is 3.00 bits per heavy atom. The summed E-state index contributed by atoms with van der Waals surface area (Å²) in [7, 11) is 0. The zero-order valence-electron chi connectivity index (χ0n) is 8.66. The van der Waals surface area contributed by atoms with Gasteiger partial charge < -0.3 is 10.6 Å². The zero-order valence-corrected chi connectivity index (χ0v) is 8.66. The largest absolute Gasteiger partial charge is 0.376 e. The molecule has 0 atom stereocenters. The number of nitrogens with one attached hydrogen (secondary N) is 2. The predicted octanol–water partition coefficient (Wildman–Crippen LogP) is 1.27. The molecule has 5 heteroatoms. The van der Waals surface area contributed by atoms with Crippen molar-refractivity contribution in [3.05, 3.63) is 30.1 Å². The van der Waals surface area contributed by atoms with Crippen LogP contribution in [-0.4, -0.2) is 19.0 Å². The average Bonchev–Trinajstić information content (AvgIpc) is 2.27. The molecule has 0 heterocycles. The first kappa shape index (κ1) is 12.0. The third-order valence-electron chi connectivity index (χ3n) is 1.84. The van der Waals surface area contributed by atoms with Crippen molar-refractivity contribution in [2.75, 3.05) is 18.4 Å². The molecule has 0 unspecified atom stereocenters. The predicted molar refractivity (Wildman–Crippen MR) is 58.1 cm³/mol. The molecule has 0 saturated carbocycles. The summed E-state index contributed by atoms with van der Waals surface area (Å²) in [6.07, 6.45) is 0.283. The highest BCUT2D eigenvalue weighted by molar-refractivity contribution is 5.80. The van der Waals surface area contributed by atoms with Gasteiger partial charge in [0.1, 0.15) is 5.82 Å². The molecule has 0 spiro atoms. The summed E-state index contributed by atoms with van der Waals surface area (Å²) in [6.45, 7) is 0.398. The van der Waals surface area contributed by atoms with Crippen LogP contribution in [0.2, 0.25) is 0 Å². The number of amides is 1. The minimum atomic E-state index is -0.352. The lowest BCUT2D eigenvalue weighted by molar-refractivity contribution is -0.119. The third-order valence-corrected chi connectivity index (χ3v) is 1.84. The summed E-state index contributed by atoms with van der Waals surface area (Å²) < 4.78 is 12.8. The summed E-state index contributed by atoms with van der Waals surface area (Å²) in [4.78, 5) is 11.2. The molecule has 1 amide bonds. The van der Waals surface area contributed by atoms with Crippen molar-refractivity contribution >= 4 is 11.6 Å². The smallest absolute Gasteiger partial charge is 0.239 e. The van der Waals surface area contributed by atoms with Gasteiger partial charge in [-0.15, -0.1) is 0 Å². The van der Waals surface area contributed by atoms with Crippen LogP contribution in [0.5, 0.6) is 0 Å². The van der Waals surface area contributed by atoms with Gasteiger partial charge in [-0.25, -0.2) is 4.39 Å². The summed E-state index contributed by atoms with van der Waals surface area (Å²) in [5.74, 6) is -0.575. The highest BCUT2D eigenvalue weighted by atomic mass is 19.1. The second-order valence-corrected chi connectivity index (χ2v) is 3.12. The van der Waals surface area contributed by atoms with Gasteiger partial charge in [0, 0.05) is 12.2 Å². The molecule has 0 aliphatic carbocycles. The molecule has 84 valence electrons. The van der Waals surface area contributed by atoms with Gasteiger partial charge in [0.15, 0.2) is 0 Å². The van der Waals surface area contributed by atoms with Gasteiger partial charge >= 0.3 is 0 Å². The van der Waals surface area contributed by atoms with Gasteiger partial charge in [0.2, 0.25) is 5.91 Å². The first-order valence-corrected chi connectivity index (χ1v) is 4.85. The van der Waals surface area contributed by atoms with Crippen molar-refractivity contribution in [2.24, 2.45) is 0 Å². The van der Waals surface area contributed by atoms with Crippen LogP contribution in [-0.2, 0) is 4.79 Å². The summed E-state index contributed by atoms with van der Waals surface area (Å²) in [5, 5.41) is 13.6. The SMILES string of the molecule is N#CCCNC(=O)CNc1cccc(F)c1. The monoisotopic (exact) mass is 221 g/mol. The number of carbonyl (C=O) groups is 1. The van der Waals surface area contributed by atoms with E-state index < -0.39 is 0 Å². The fraction of sp³-hybridized carbons (Fsp3) is 0.273. The molecule has 16 heavy (non-hydrogen) atoms. The molecule has 0 aliphatic heterocycles. The fourth-order valence-electron chi connectivity index (χ4n) is 1.10. The van der Waals surface area contributed by atoms with E-state index in [4.69, 9.17) is 5.26 Å². The maximum Gasteiger partial charge on any atom is 0.239 e. The fourth-order valence-corrected chi connectivity index (χ4v) is 1.10. The van der Waals surface area contributed by atoms with Crippen LogP contribution < -0.4 is 10.6 Å². The van der Waals surface area contributed by atoms with Crippen LogP contribution in [0.4, 0.5) is 10.1 Å². The van der Waals surface area contributed by atoms with Crippen molar-refractivity contribution in [3.63, 3.8) is 0 Å². The Bertz CT molecular complexity index is 400. The van der Waals surface area contributed by atoms with E-state index in [9.17, 15) is 9.18 Å². The van der Waals surface area contributed by atoms with Gasteiger partial charge in [-0.2, -0.15) is 5.26 Å². The molecule has 1 aromatic carbocycles. The molecule has 0 bridgehead atoms. The molecule has 0 aromatic heterocycles. The van der Waals surface area contributed by atoms with Crippen LogP contribution in [0.3, 0.4) is 0 Å². The molecule has 1 rings (SSSR count). The lowest BCUT2D eigenvalue weighted by Gasteiger charge is -2.06. The van der Waals surface area contributed by atoms with E-state index >= 15 is 0 Å². The molecule has 2 N–H and O–H groups in total. The molecule has 0 saturated heterocycles. The Morgan fingerprint density at radius 1 is 1.50 bits per heavy atom. The lowest BCUT2D eigenvalue weighted by atomic mass is 10.3. The van der Waals surface area contributed by atoms with E-state index in [0.717, 1.165) is 0 Å².